The third-order valence-electron chi connectivity index (χ3n) is 3.20. The standard InChI is InChI=1S/C13H12FN3O2/c14-8-1-3-9(4-2-8)17-11-5-6-15-7-10(11)12(16-17)13(18)19/h1-4,15H,5-7H2,(H,18,19). The Balaban J connectivity index is 2.16. The molecule has 0 amide bonds. The molecule has 1 aliphatic heterocycles. The van der Waals surface area contributed by atoms with E-state index in [9.17, 15) is 14.3 Å². The second kappa shape index (κ2) is 4.47. The first kappa shape index (κ1) is 11.9. The Labute approximate surface area is 108 Å². The molecular weight excluding hydrogens is 249 g/mol. The van der Waals surface area contributed by atoms with Gasteiger partial charge in [-0.05, 0) is 24.3 Å². The van der Waals surface area contributed by atoms with Gasteiger partial charge < -0.3 is 10.4 Å². The number of halogens is 1. The maximum absolute atomic E-state index is 12.9. The molecule has 2 N–H and O–H groups in total. The first-order valence-electron chi connectivity index (χ1n) is 5.97. The van der Waals surface area contributed by atoms with Crippen molar-refractivity contribution in [1.29, 1.82) is 0 Å². The summed E-state index contributed by atoms with van der Waals surface area (Å²) in [5.74, 6) is -1.37. The molecule has 98 valence electrons. The number of nitrogens with one attached hydrogen (secondary N) is 1. The second-order valence-electron chi connectivity index (χ2n) is 4.39. The number of rotatable bonds is 2. The van der Waals surface area contributed by atoms with Crippen LogP contribution in [0.2, 0.25) is 0 Å². The zero-order valence-electron chi connectivity index (χ0n) is 10.1. The lowest BCUT2D eigenvalue weighted by Crippen LogP contribution is -2.25. The highest BCUT2D eigenvalue weighted by Crippen LogP contribution is 2.22. The predicted molar refractivity (Wildman–Crippen MR) is 65.9 cm³/mol. The van der Waals surface area contributed by atoms with Gasteiger partial charge in [0.2, 0.25) is 0 Å². The molecule has 2 heterocycles. The molecule has 2 aromatic rings. The molecule has 1 aromatic heterocycles. The van der Waals surface area contributed by atoms with Crippen molar-refractivity contribution >= 4 is 5.97 Å². The highest BCUT2D eigenvalue weighted by atomic mass is 19.1. The molecule has 5 nitrogen and oxygen atoms in total. The van der Waals surface area contributed by atoms with E-state index in [1.807, 2.05) is 0 Å². The van der Waals surface area contributed by atoms with Crippen LogP contribution in [0.4, 0.5) is 4.39 Å². The van der Waals surface area contributed by atoms with Gasteiger partial charge in [0.05, 0.1) is 11.4 Å². The molecule has 0 bridgehead atoms. The molecule has 0 radical (unpaired) electrons. The third-order valence-corrected chi connectivity index (χ3v) is 3.20. The molecule has 19 heavy (non-hydrogen) atoms. The number of carboxylic acids is 1. The predicted octanol–water partition coefficient (Wildman–Crippen LogP) is 1.36. The monoisotopic (exact) mass is 261 g/mol. The first-order valence-corrected chi connectivity index (χ1v) is 5.97. The summed E-state index contributed by atoms with van der Waals surface area (Å²) < 4.78 is 14.5. The van der Waals surface area contributed by atoms with E-state index in [-0.39, 0.29) is 11.5 Å². The summed E-state index contributed by atoms with van der Waals surface area (Å²) in [6, 6.07) is 5.86. The van der Waals surface area contributed by atoms with Crippen LogP contribution in [0, 0.1) is 5.82 Å². The van der Waals surface area contributed by atoms with Crippen molar-refractivity contribution in [1.82, 2.24) is 15.1 Å². The van der Waals surface area contributed by atoms with Crippen LogP contribution in [0.25, 0.3) is 5.69 Å². The second-order valence-corrected chi connectivity index (χ2v) is 4.39. The van der Waals surface area contributed by atoms with Crippen LogP contribution in [-0.4, -0.2) is 27.4 Å². The molecular formula is C13H12FN3O2. The number of hydrogen-bond acceptors (Lipinski definition) is 3. The fourth-order valence-corrected chi connectivity index (χ4v) is 2.32. The molecule has 0 unspecified atom stereocenters. The number of hydrogen-bond donors (Lipinski definition) is 2. The van der Waals surface area contributed by atoms with Gasteiger partial charge in [-0.1, -0.05) is 0 Å². The number of nitrogens with zero attached hydrogens (tertiary/aromatic N) is 2. The van der Waals surface area contributed by atoms with Crippen molar-refractivity contribution in [3.63, 3.8) is 0 Å². The fourth-order valence-electron chi connectivity index (χ4n) is 2.32. The Morgan fingerprint density at radius 3 is 2.79 bits per heavy atom. The van der Waals surface area contributed by atoms with E-state index in [1.165, 1.54) is 12.1 Å². The van der Waals surface area contributed by atoms with Gasteiger partial charge in [0.25, 0.3) is 0 Å². The normalized spacial score (nSPS) is 14.2. The van der Waals surface area contributed by atoms with Gasteiger partial charge in [-0.25, -0.2) is 13.9 Å². The summed E-state index contributed by atoms with van der Waals surface area (Å²) in [6.45, 7) is 1.27. The van der Waals surface area contributed by atoms with E-state index < -0.39 is 5.97 Å². The fraction of sp³-hybridized carbons (Fsp3) is 0.231. The molecule has 0 aliphatic carbocycles. The lowest BCUT2D eigenvalue weighted by atomic mass is 10.1. The van der Waals surface area contributed by atoms with Crippen molar-refractivity contribution in [2.75, 3.05) is 6.54 Å². The highest BCUT2D eigenvalue weighted by Gasteiger charge is 2.24. The van der Waals surface area contributed by atoms with Gasteiger partial charge in [-0.15, -0.1) is 0 Å². The number of benzene rings is 1. The van der Waals surface area contributed by atoms with Crippen LogP contribution in [0.3, 0.4) is 0 Å². The van der Waals surface area contributed by atoms with Gasteiger partial charge in [0, 0.05) is 25.1 Å². The van der Waals surface area contributed by atoms with Crippen LogP contribution < -0.4 is 5.32 Å². The maximum Gasteiger partial charge on any atom is 0.356 e. The van der Waals surface area contributed by atoms with Crippen LogP contribution >= 0.6 is 0 Å². The van der Waals surface area contributed by atoms with Crippen molar-refractivity contribution in [3.05, 3.63) is 47.0 Å². The van der Waals surface area contributed by atoms with E-state index in [1.54, 1.807) is 16.8 Å². The van der Waals surface area contributed by atoms with Crippen molar-refractivity contribution in [3.8, 4) is 5.69 Å². The lowest BCUT2D eigenvalue weighted by molar-refractivity contribution is 0.0688. The smallest absolute Gasteiger partial charge is 0.356 e. The SMILES string of the molecule is O=C(O)c1nn(-c2ccc(F)cc2)c2c1CNCC2. The van der Waals surface area contributed by atoms with Gasteiger partial charge in [-0.2, -0.15) is 5.10 Å². The van der Waals surface area contributed by atoms with E-state index >= 15 is 0 Å². The van der Waals surface area contributed by atoms with Gasteiger partial charge in [0.1, 0.15) is 5.82 Å². The summed E-state index contributed by atoms with van der Waals surface area (Å²) >= 11 is 0. The molecule has 3 rings (SSSR count). The molecule has 0 saturated heterocycles. The van der Waals surface area contributed by atoms with Crippen molar-refractivity contribution < 1.29 is 14.3 Å². The van der Waals surface area contributed by atoms with E-state index in [0.29, 0.717) is 24.2 Å². The Kier molecular flexibility index (Phi) is 2.79. The van der Waals surface area contributed by atoms with Crippen molar-refractivity contribution in [2.24, 2.45) is 0 Å². The summed E-state index contributed by atoms with van der Waals surface area (Å²) in [5, 5.41) is 16.5. The van der Waals surface area contributed by atoms with Crippen LogP contribution in [0.15, 0.2) is 24.3 Å². The average molecular weight is 261 g/mol. The molecule has 0 spiro atoms. The molecule has 0 atom stereocenters. The Morgan fingerprint density at radius 1 is 1.37 bits per heavy atom. The minimum absolute atomic E-state index is 0.0616. The van der Waals surface area contributed by atoms with Crippen LogP contribution in [0.1, 0.15) is 21.7 Å². The number of aromatic carboxylic acids is 1. The number of aromatic nitrogens is 2. The minimum Gasteiger partial charge on any atom is -0.476 e. The average Bonchev–Trinajstić information content (AvgIpc) is 2.79. The first-order chi connectivity index (χ1) is 9.16. The summed E-state index contributed by atoms with van der Waals surface area (Å²) in [7, 11) is 0. The zero-order chi connectivity index (χ0) is 13.4. The Hall–Kier alpha value is -2.21. The van der Waals surface area contributed by atoms with Gasteiger partial charge in [0.15, 0.2) is 5.69 Å². The number of carboxylic acid groups (broad SMARTS) is 1. The molecule has 0 fully saturated rings. The summed E-state index contributed by atoms with van der Waals surface area (Å²) in [6.07, 6.45) is 0.701. The van der Waals surface area contributed by atoms with Gasteiger partial charge in [-0.3, -0.25) is 0 Å². The quantitative estimate of drug-likeness (QED) is 0.856. The van der Waals surface area contributed by atoms with E-state index in [2.05, 4.69) is 10.4 Å². The number of carbonyl (C=O) groups is 1. The van der Waals surface area contributed by atoms with Gasteiger partial charge >= 0.3 is 5.97 Å². The van der Waals surface area contributed by atoms with Crippen LogP contribution in [0.5, 0.6) is 0 Å². The minimum atomic E-state index is -1.04. The van der Waals surface area contributed by atoms with Crippen LogP contribution in [-0.2, 0) is 13.0 Å². The lowest BCUT2D eigenvalue weighted by Gasteiger charge is -2.15. The largest absolute Gasteiger partial charge is 0.476 e. The molecule has 1 aliphatic rings. The topological polar surface area (TPSA) is 67.1 Å². The van der Waals surface area contributed by atoms with E-state index in [4.69, 9.17) is 0 Å². The Morgan fingerprint density at radius 2 is 2.11 bits per heavy atom. The maximum atomic E-state index is 12.9. The number of fused-ring (bicyclic) bond motifs is 1. The zero-order valence-corrected chi connectivity index (χ0v) is 10.1. The third kappa shape index (κ3) is 2.00. The molecule has 1 aromatic carbocycles. The molecule has 6 heteroatoms. The van der Waals surface area contributed by atoms with Crippen molar-refractivity contribution in [2.45, 2.75) is 13.0 Å². The summed E-state index contributed by atoms with van der Waals surface area (Å²) in [5.41, 5.74) is 2.32. The molecule has 0 saturated carbocycles. The van der Waals surface area contributed by atoms with E-state index in [0.717, 1.165) is 12.2 Å². The highest BCUT2D eigenvalue weighted by molar-refractivity contribution is 5.87. The summed E-state index contributed by atoms with van der Waals surface area (Å²) in [4.78, 5) is 11.2. The Bertz CT molecular complexity index is 634.